The monoisotopic (exact) mass is 202 g/mol. The molecule has 0 aliphatic heterocycles. The summed E-state index contributed by atoms with van der Waals surface area (Å²) in [7, 11) is 0. The molecule has 15 heavy (non-hydrogen) atoms. The maximum atomic E-state index is 8.78. The van der Waals surface area contributed by atoms with Crippen LogP contribution in [0.4, 0.5) is 11.5 Å². The smallest absolute Gasteiger partial charge is 0.165 e. The quantitative estimate of drug-likeness (QED) is 0.768. The van der Waals surface area contributed by atoms with Gasteiger partial charge in [-0.3, -0.25) is 0 Å². The van der Waals surface area contributed by atoms with Crippen LogP contribution in [0.5, 0.6) is 0 Å². The molecule has 0 aromatic carbocycles. The van der Waals surface area contributed by atoms with Gasteiger partial charge in [0.05, 0.1) is 5.69 Å². The zero-order valence-electron chi connectivity index (χ0n) is 8.53. The molecule has 4 nitrogen and oxygen atoms in total. The number of anilines is 2. The Morgan fingerprint density at radius 3 is 2.80 bits per heavy atom. The molecule has 1 saturated carbocycles. The van der Waals surface area contributed by atoms with Crippen LogP contribution in [-0.2, 0) is 0 Å². The van der Waals surface area contributed by atoms with E-state index in [2.05, 4.69) is 10.3 Å². The molecule has 1 heterocycles. The number of nitriles is 1. The molecule has 1 aliphatic rings. The predicted molar refractivity (Wildman–Crippen MR) is 59.2 cm³/mol. The summed E-state index contributed by atoms with van der Waals surface area (Å²) in [5.41, 5.74) is 6.34. The van der Waals surface area contributed by atoms with E-state index in [1.54, 1.807) is 6.07 Å². The normalized spacial score (nSPS) is 16.2. The van der Waals surface area contributed by atoms with Crippen molar-refractivity contribution in [2.75, 3.05) is 11.1 Å². The number of aromatic nitrogens is 1. The first-order chi connectivity index (χ1) is 7.29. The Morgan fingerprint density at radius 2 is 2.13 bits per heavy atom. The van der Waals surface area contributed by atoms with Crippen molar-refractivity contribution >= 4 is 11.5 Å². The van der Waals surface area contributed by atoms with Gasteiger partial charge in [-0.05, 0) is 25.0 Å². The molecule has 0 spiro atoms. The molecule has 4 heteroatoms. The Labute approximate surface area is 89.1 Å². The van der Waals surface area contributed by atoms with Crippen LogP contribution in [0.15, 0.2) is 12.1 Å². The van der Waals surface area contributed by atoms with Crippen molar-refractivity contribution in [2.24, 2.45) is 0 Å². The summed E-state index contributed by atoms with van der Waals surface area (Å²) in [6.07, 6.45) is 4.93. The van der Waals surface area contributed by atoms with Crippen molar-refractivity contribution in [1.29, 1.82) is 5.26 Å². The van der Waals surface area contributed by atoms with Gasteiger partial charge < -0.3 is 11.1 Å². The van der Waals surface area contributed by atoms with Gasteiger partial charge in [0, 0.05) is 6.04 Å². The van der Waals surface area contributed by atoms with Gasteiger partial charge in [-0.2, -0.15) is 5.26 Å². The first-order valence-electron chi connectivity index (χ1n) is 5.23. The molecule has 1 aromatic rings. The van der Waals surface area contributed by atoms with E-state index in [-0.39, 0.29) is 0 Å². The second-order valence-corrected chi connectivity index (χ2v) is 3.87. The lowest BCUT2D eigenvalue weighted by Crippen LogP contribution is -2.15. The molecule has 1 aromatic heterocycles. The van der Waals surface area contributed by atoms with E-state index in [0.29, 0.717) is 17.4 Å². The van der Waals surface area contributed by atoms with E-state index in [1.165, 1.54) is 25.7 Å². The maximum absolute atomic E-state index is 8.78. The van der Waals surface area contributed by atoms with Crippen molar-refractivity contribution in [3.8, 4) is 6.07 Å². The first-order valence-corrected chi connectivity index (χ1v) is 5.23. The van der Waals surface area contributed by atoms with E-state index >= 15 is 0 Å². The largest absolute Gasteiger partial charge is 0.396 e. The van der Waals surface area contributed by atoms with Gasteiger partial charge in [0.1, 0.15) is 11.9 Å². The van der Waals surface area contributed by atoms with Crippen molar-refractivity contribution in [3.05, 3.63) is 17.8 Å². The second-order valence-electron chi connectivity index (χ2n) is 3.87. The Balaban J connectivity index is 2.11. The highest BCUT2D eigenvalue weighted by molar-refractivity contribution is 5.54. The van der Waals surface area contributed by atoms with Gasteiger partial charge in [0.15, 0.2) is 5.69 Å². The van der Waals surface area contributed by atoms with Crippen LogP contribution in [0.25, 0.3) is 0 Å². The summed E-state index contributed by atoms with van der Waals surface area (Å²) in [4.78, 5) is 4.16. The number of hydrogen-bond donors (Lipinski definition) is 2. The van der Waals surface area contributed by atoms with Gasteiger partial charge in [-0.15, -0.1) is 0 Å². The predicted octanol–water partition coefficient (Wildman–Crippen LogP) is 1.89. The van der Waals surface area contributed by atoms with Crippen molar-refractivity contribution in [3.63, 3.8) is 0 Å². The summed E-state index contributed by atoms with van der Waals surface area (Å²) in [5.74, 6) is 0.757. The third kappa shape index (κ3) is 2.18. The fourth-order valence-electron chi connectivity index (χ4n) is 1.92. The number of nitrogens with one attached hydrogen (secondary N) is 1. The van der Waals surface area contributed by atoms with E-state index in [1.807, 2.05) is 12.1 Å². The topological polar surface area (TPSA) is 74.7 Å². The van der Waals surface area contributed by atoms with E-state index in [0.717, 1.165) is 5.82 Å². The average molecular weight is 202 g/mol. The third-order valence-corrected chi connectivity index (χ3v) is 2.74. The van der Waals surface area contributed by atoms with E-state index < -0.39 is 0 Å². The SMILES string of the molecule is N#Cc1nc(NC2CCCC2)ccc1N. The lowest BCUT2D eigenvalue weighted by atomic mass is 10.2. The van der Waals surface area contributed by atoms with Crippen LogP contribution in [0.1, 0.15) is 31.4 Å². The molecule has 0 unspecified atom stereocenters. The molecule has 0 bridgehead atoms. The molecular weight excluding hydrogens is 188 g/mol. The molecule has 0 radical (unpaired) electrons. The fourth-order valence-corrected chi connectivity index (χ4v) is 1.92. The van der Waals surface area contributed by atoms with Crippen LogP contribution >= 0.6 is 0 Å². The molecule has 2 rings (SSSR count). The maximum Gasteiger partial charge on any atom is 0.165 e. The first kappa shape index (κ1) is 9.78. The average Bonchev–Trinajstić information content (AvgIpc) is 2.73. The summed E-state index contributed by atoms with van der Waals surface area (Å²) in [6.45, 7) is 0. The Morgan fingerprint density at radius 1 is 1.40 bits per heavy atom. The number of hydrogen-bond acceptors (Lipinski definition) is 4. The number of nitrogens with zero attached hydrogens (tertiary/aromatic N) is 2. The number of pyridine rings is 1. The number of nitrogen functional groups attached to an aromatic ring is 1. The molecule has 1 fully saturated rings. The van der Waals surface area contributed by atoms with Gasteiger partial charge in [-0.25, -0.2) is 4.98 Å². The van der Waals surface area contributed by atoms with Crippen molar-refractivity contribution in [1.82, 2.24) is 4.98 Å². The number of rotatable bonds is 2. The van der Waals surface area contributed by atoms with Gasteiger partial charge in [-0.1, -0.05) is 12.8 Å². The molecule has 0 atom stereocenters. The molecule has 78 valence electrons. The van der Waals surface area contributed by atoms with Crippen LogP contribution in [0.3, 0.4) is 0 Å². The lowest BCUT2D eigenvalue weighted by molar-refractivity contribution is 0.750. The van der Waals surface area contributed by atoms with Crippen LogP contribution < -0.4 is 11.1 Å². The highest BCUT2D eigenvalue weighted by atomic mass is 15.0. The lowest BCUT2D eigenvalue weighted by Gasteiger charge is -2.12. The standard InChI is InChI=1S/C11H14N4/c12-7-10-9(13)5-6-11(15-10)14-8-3-1-2-4-8/h5-6,8H,1-4,13H2,(H,14,15). The van der Waals surface area contributed by atoms with E-state index in [4.69, 9.17) is 11.0 Å². The molecule has 0 saturated heterocycles. The van der Waals surface area contributed by atoms with Gasteiger partial charge in [0.25, 0.3) is 0 Å². The van der Waals surface area contributed by atoms with Gasteiger partial charge in [0.2, 0.25) is 0 Å². The Bertz CT molecular complexity index is 388. The fraction of sp³-hybridized carbons (Fsp3) is 0.455. The van der Waals surface area contributed by atoms with Crippen molar-refractivity contribution in [2.45, 2.75) is 31.7 Å². The third-order valence-electron chi connectivity index (χ3n) is 2.74. The van der Waals surface area contributed by atoms with Crippen LogP contribution in [0.2, 0.25) is 0 Å². The highest BCUT2D eigenvalue weighted by Gasteiger charge is 2.15. The van der Waals surface area contributed by atoms with Crippen molar-refractivity contribution < 1.29 is 0 Å². The van der Waals surface area contributed by atoms with E-state index in [9.17, 15) is 0 Å². The Kier molecular flexibility index (Phi) is 2.72. The Hall–Kier alpha value is -1.76. The molecule has 0 amide bonds. The van der Waals surface area contributed by atoms with Crippen LogP contribution in [-0.4, -0.2) is 11.0 Å². The number of nitrogens with two attached hydrogens (primary N) is 1. The molecule has 1 aliphatic carbocycles. The minimum atomic E-state index is 0.304. The summed E-state index contributed by atoms with van der Waals surface area (Å²) in [5, 5.41) is 12.1. The van der Waals surface area contributed by atoms with Gasteiger partial charge >= 0.3 is 0 Å². The summed E-state index contributed by atoms with van der Waals surface area (Å²) < 4.78 is 0. The van der Waals surface area contributed by atoms with Crippen LogP contribution in [0, 0.1) is 11.3 Å². The zero-order chi connectivity index (χ0) is 10.7. The highest BCUT2D eigenvalue weighted by Crippen LogP contribution is 2.22. The minimum absolute atomic E-state index is 0.304. The summed E-state index contributed by atoms with van der Waals surface area (Å²) in [6, 6.07) is 6.04. The molecular formula is C11H14N4. The second kappa shape index (κ2) is 4.18. The minimum Gasteiger partial charge on any atom is -0.396 e. The molecule has 3 N–H and O–H groups in total. The zero-order valence-corrected chi connectivity index (χ0v) is 8.53. The summed E-state index contributed by atoms with van der Waals surface area (Å²) >= 11 is 0.